The Bertz CT molecular complexity index is 468. The van der Waals surface area contributed by atoms with Crippen molar-refractivity contribution >= 4 is 11.8 Å². The van der Waals surface area contributed by atoms with Gasteiger partial charge in [0.25, 0.3) is 0 Å². The van der Waals surface area contributed by atoms with Crippen molar-refractivity contribution in [3.05, 3.63) is 42.2 Å². The van der Waals surface area contributed by atoms with Gasteiger partial charge in [0.15, 0.2) is 0 Å². The van der Waals surface area contributed by atoms with Gasteiger partial charge in [0.05, 0.1) is 0 Å². The van der Waals surface area contributed by atoms with Crippen molar-refractivity contribution in [3.63, 3.8) is 0 Å². The van der Waals surface area contributed by atoms with Crippen LogP contribution >= 0.6 is 11.8 Å². The van der Waals surface area contributed by atoms with Gasteiger partial charge in [-0.1, -0.05) is 6.07 Å². The molecule has 0 aliphatic heterocycles. The average Bonchev–Trinajstić information content (AvgIpc) is 2.65. The third-order valence-corrected chi connectivity index (χ3v) is 3.36. The molecule has 1 N–H and O–H groups in total. The van der Waals surface area contributed by atoms with Crippen LogP contribution in [0.4, 0.5) is 0 Å². The van der Waals surface area contributed by atoms with Gasteiger partial charge < -0.3 is 5.11 Å². The predicted molar refractivity (Wildman–Crippen MR) is 65.7 cm³/mol. The fourth-order valence-corrected chi connectivity index (χ4v) is 2.42. The summed E-state index contributed by atoms with van der Waals surface area (Å²) in [6.07, 6.45) is 2.80. The standard InChI is InChI=1S/C12H14N2OS/c1-14-10(5-7-13-14)6-8-16-12-4-2-3-11(15)9-12/h2-5,7,9,15H,6,8H2,1H3. The molecule has 0 spiro atoms. The lowest BCUT2D eigenvalue weighted by Gasteiger charge is -2.03. The van der Waals surface area contributed by atoms with E-state index in [0.717, 1.165) is 17.1 Å². The Morgan fingerprint density at radius 2 is 2.25 bits per heavy atom. The van der Waals surface area contributed by atoms with E-state index >= 15 is 0 Å². The average molecular weight is 234 g/mol. The summed E-state index contributed by atoms with van der Waals surface area (Å²) in [6, 6.07) is 9.37. The summed E-state index contributed by atoms with van der Waals surface area (Å²) in [6.45, 7) is 0. The van der Waals surface area contributed by atoms with Crippen LogP contribution in [-0.4, -0.2) is 20.6 Å². The highest BCUT2D eigenvalue weighted by Crippen LogP contribution is 2.22. The van der Waals surface area contributed by atoms with E-state index in [1.165, 1.54) is 5.69 Å². The smallest absolute Gasteiger partial charge is 0.116 e. The molecule has 3 nitrogen and oxygen atoms in total. The minimum Gasteiger partial charge on any atom is -0.508 e. The van der Waals surface area contributed by atoms with Crippen molar-refractivity contribution in [1.29, 1.82) is 0 Å². The Kier molecular flexibility index (Phi) is 3.51. The molecule has 2 rings (SSSR count). The molecular weight excluding hydrogens is 220 g/mol. The van der Waals surface area contributed by atoms with Crippen LogP contribution in [0.3, 0.4) is 0 Å². The Morgan fingerprint density at radius 1 is 1.38 bits per heavy atom. The molecule has 0 aliphatic carbocycles. The summed E-state index contributed by atoms with van der Waals surface area (Å²) in [5, 5.41) is 13.4. The molecule has 2 aromatic rings. The highest BCUT2D eigenvalue weighted by molar-refractivity contribution is 7.99. The number of aryl methyl sites for hydroxylation is 2. The zero-order valence-corrected chi connectivity index (χ0v) is 9.94. The van der Waals surface area contributed by atoms with E-state index in [4.69, 9.17) is 0 Å². The molecule has 1 aromatic carbocycles. The van der Waals surface area contributed by atoms with Gasteiger partial charge in [0.2, 0.25) is 0 Å². The summed E-state index contributed by atoms with van der Waals surface area (Å²) in [5.74, 6) is 1.31. The first-order chi connectivity index (χ1) is 7.75. The van der Waals surface area contributed by atoms with Crippen LogP contribution in [0.2, 0.25) is 0 Å². The Morgan fingerprint density at radius 3 is 2.94 bits per heavy atom. The van der Waals surface area contributed by atoms with Gasteiger partial charge in [-0.25, -0.2) is 0 Å². The van der Waals surface area contributed by atoms with Crippen LogP contribution in [0.15, 0.2) is 41.4 Å². The third kappa shape index (κ3) is 2.79. The van der Waals surface area contributed by atoms with Crippen molar-refractivity contribution in [2.45, 2.75) is 11.3 Å². The maximum Gasteiger partial charge on any atom is 0.116 e. The van der Waals surface area contributed by atoms with Crippen LogP contribution < -0.4 is 0 Å². The van der Waals surface area contributed by atoms with Crippen LogP contribution in [0.5, 0.6) is 5.75 Å². The van der Waals surface area contributed by atoms with Gasteiger partial charge in [-0.15, -0.1) is 11.8 Å². The molecule has 0 atom stereocenters. The van der Waals surface area contributed by atoms with E-state index in [9.17, 15) is 5.11 Å². The minimum atomic E-state index is 0.325. The summed E-state index contributed by atoms with van der Waals surface area (Å²) < 4.78 is 1.89. The van der Waals surface area contributed by atoms with Crippen molar-refractivity contribution in [2.24, 2.45) is 7.05 Å². The molecule has 4 heteroatoms. The Balaban J connectivity index is 1.87. The summed E-state index contributed by atoms with van der Waals surface area (Å²) in [4.78, 5) is 1.10. The van der Waals surface area contributed by atoms with E-state index in [1.807, 2.05) is 36.1 Å². The van der Waals surface area contributed by atoms with E-state index in [2.05, 4.69) is 5.10 Å². The fraction of sp³-hybridized carbons (Fsp3) is 0.250. The monoisotopic (exact) mass is 234 g/mol. The number of nitrogens with zero attached hydrogens (tertiary/aromatic N) is 2. The van der Waals surface area contributed by atoms with Gasteiger partial charge in [-0.3, -0.25) is 4.68 Å². The molecule has 0 radical (unpaired) electrons. The van der Waals surface area contributed by atoms with Crippen molar-refractivity contribution in [3.8, 4) is 5.75 Å². The largest absolute Gasteiger partial charge is 0.508 e. The second-order valence-corrected chi connectivity index (χ2v) is 4.71. The molecule has 16 heavy (non-hydrogen) atoms. The maximum atomic E-state index is 9.31. The molecule has 0 amide bonds. The number of benzene rings is 1. The maximum absolute atomic E-state index is 9.31. The van der Waals surface area contributed by atoms with Crippen LogP contribution in [0.25, 0.3) is 0 Å². The van der Waals surface area contributed by atoms with Crippen molar-refractivity contribution in [2.75, 3.05) is 5.75 Å². The Labute approximate surface area is 99.1 Å². The first kappa shape index (κ1) is 11.1. The number of phenolic OH excluding ortho intramolecular Hbond substituents is 1. The number of rotatable bonds is 4. The highest BCUT2D eigenvalue weighted by atomic mass is 32.2. The number of phenols is 1. The quantitative estimate of drug-likeness (QED) is 0.826. The van der Waals surface area contributed by atoms with Crippen molar-refractivity contribution < 1.29 is 5.11 Å². The lowest BCUT2D eigenvalue weighted by atomic mass is 10.3. The summed E-state index contributed by atoms with van der Waals surface area (Å²) in [5.41, 5.74) is 1.23. The second-order valence-electron chi connectivity index (χ2n) is 3.54. The van der Waals surface area contributed by atoms with Gasteiger partial charge >= 0.3 is 0 Å². The van der Waals surface area contributed by atoms with E-state index < -0.39 is 0 Å². The fourth-order valence-electron chi connectivity index (χ4n) is 1.49. The number of hydrogen-bond acceptors (Lipinski definition) is 3. The number of aromatic hydroxyl groups is 1. The van der Waals surface area contributed by atoms with Gasteiger partial charge in [-0.05, 0) is 30.7 Å². The number of hydrogen-bond donors (Lipinski definition) is 1. The minimum absolute atomic E-state index is 0.325. The van der Waals surface area contributed by atoms with Crippen LogP contribution in [0.1, 0.15) is 5.69 Å². The van der Waals surface area contributed by atoms with Gasteiger partial charge in [0, 0.05) is 29.6 Å². The topological polar surface area (TPSA) is 38.0 Å². The first-order valence-corrected chi connectivity index (χ1v) is 6.13. The number of aromatic nitrogens is 2. The summed E-state index contributed by atoms with van der Waals surface area (Å²) >= 11 is 1.74. The lowest BCUT2D eigenvalue weighted by Crippen LogP contribution is -1.99. The first-order valence-electron chi connectivity index (χ1n) is 5.14. The molecule has 0 saturated carbocycles. The Hall–Kier alpha value is -1.42. The lowest BCUT2D eigenvalue weighted by molar-refractivity contribution is 0.474. The van der Waals surface area contributed by atoms with E-state index in [0.29, 0.717) is 5.75 Å². The molecule has 0 bridgehead atoms. The van der Waals surface area contributed by atoms with Gasteiger partial charge in [-0.2, -0.15) is 5.10 Å². The SMILES string of the molecule is Cn1nccc1CCSc1cccc(O)c1. The molecule has 0 saturated heterocycles. The normalized spacial score (nSPS) is 10.6. The third-order valence-electron chi connectivity index (χ3n) is 2.37. The molecule has 1 heterocycles. The van der Waals surface area contributed by atoms with E-state index in [1.54, 1.807) is 23.9 Å². The molecule has 0 aliphatic rings. The van der Waals surface area contributed by atoms with Crippen molar-refractivity contribution in [1.82, 2.24) is 9.78 Å². The summed E-state index contributed by atoms with van der Waals surface area (Å²) in [7, 11) is 1.95. The molecule has 1 aromatic heterocycles. The van der Waals surface area contributed by atoms with E-state index in [-0.39, 0.29) is 0 Å². The predicted octanol–water partition coefficient (Wildman–Crippen LogP) is 2.46. The van der Waals surface area contributed by atoms with Crippen LogP contribution in [-0.2, 0) is 13.5 Å². The molecular formula is C12H14N2OS. The highest BCUT2D eigenvalue weighted by Gasteiger charge is 2.00. The second kappa shape index (κ2) is 5.07. The molecule has 0 fully saturated rings. The van der Waals surface area contributed by atoms with Crippen LogP contribution in [0, 0.1) is 0 Å². The zero-order chi connectivity index (χ0) is 11.4. The molecule has 0 unspecified atom stereocenters. The molecule has 84 valence electrons. The zero-order valence-electron chi connectivity index (χ0n) is 9.13. The number of thioether (sulfide) groups is 1. The van der Waals surface area contributed by atoms with Gasteiger partial charge in [0.1, 0.15) is 5.75 Å².